The number of rotatable bonds is 4. The van der Waals surface area contributed by atoms with Gasteiger partial charge in [-0.2, -0.15) is 0 Å². The van der Waals surface area contributed by atoms with Gasteiger partial charge in [0.15, 0.2) is 5.78 Å². The van der Waals surface area contributed by atoms with E-state index in [4.69, 9.17) is 16.6 Å². The van der Waals surface area contributed by atoms with Crippen LogP contribution in [0.2, 0.25) is 5.02 Å². The Morgan fingerprint density at radius 3 is 2.48 bits per heavy atom. The zero-order chi connectivity index (χ0) is 17.6. The summed E-state index contributed by atoms with van der Waals surface area (Å²) in [6.45, 7) is 1.11. The predicted molar refractivity (Wildman–Crippen MR) is 108 cm³/mol. The molecule has 0 amide bonds. The Labute approximate surface area is 161 Å². The van der Waals surface area contributed by atoms with Gasteiger partial charge in [-0.1, -0.05) is 46.1 Å². The summed E-state index contributed by atoms with van der Waals surface area (Å²) < 4.78 is 0.965. The molecular weight excluding hydrogens is 400 g/mol. The number of halogens is 2. The average molecular weight is 420 g/mol. The Morgan fingerprint density at radius 2 is 1.76 bits per heavy atom. The number of anilines is 1. The molecule has 0 spiro atoms. The van der Waals surface area contributed by atoms with Gasteiger partial charge >= 0.3 is 0 Å². The molecule has 2 aromatic rings. The number of Topliss-reactive ketones (excluding diaryl/α,β-unsaturated/α-hetero) is 1. The van der Waals surface area contributed by atoms with Crippen molar-refractivity contribution >= 4 is 44.8 Å². The Kier molecular flexibility index (Phi) is 6.27. The van der Waals surface area contributed by atoms with E-state index in [1.54, 1.807) is 0 Å². The van der Waals surface area contributed by atoms with Crippen LogP contribution in [0.3, 0.4) is 0 Å². The van der Waals surface area contributed by atoms with E-state index < -0.39 is 0 Å². The lowest BCUT2D eigenvalue weighted by Gasteiger charge is -2.25. The largest absolute Gasteiger partial charge is 0.322 e. The van der Waals surface area contributed by atoms with Crippen LogP contribution in [0.25, 0.3) is 0 Å². The quantitative estimate of drug-likeness (QED) is 0.590. The SMILES string of the molecule is O=C(CN(C1=NCCCCC1)c1ccc(Cl)cc1)c1ccc(Br)cc1. The van der Waals surface area contributed by atoms with Crippen LogP contribution in [0, 0.1) is 0 Å². The number of benzene rings is 2. The minimum Gasteiger partial charge on any atom is -0.322 e. The Hall–Kier alpha value is -1.65. The van der Waals surface area contributed by atoms with Crippen LogP contribution in [-0.2, 0) is 0 Å². The van der Waals surface area contributed by atoms with Crippen LogP contribution < -0.4 is 4.90 Å². The zero-order valence-corrected chi connectivity index (χ0v) is 16.3. The highest BCUT2D eigenvalue weighted by Gasteiger charge is 2.19. The molecule has 0 aromatic heterocycles. The molecule has 0 saturated heterocycles. The van der Waals surface area contributed by atoms with Crippen LogP contribution in [-0.4, -0.2) is 24.7 Å². The third kappa shape index (κ3) is 4.93. The molecule has 0 bridgehead atoms. The van der Waals surface area contributed by atoms with Gasteiger partial charge in [0, 0.05) is 33.7 Å². The molecular formula is C20H20BrClN2O. The number of ketones is 1. The molecule has 2 aromatic carbocycles. The van der Waals surface area contributed by atoms with Gasteiger partial charge in [-0.05, 0) is 49.2 Å². The van der Waals surface area contributed by atoms with E-state index in [9.17, 15) is 4.79 Å². The van der Waals surface area contributed by atoms with Crippen LogP contribution in [0.15, 0.2) is 58.0 Å². The van der Waals surface area contributed by atoms with Gasteiger partial charge in [0.1, 0.15) is 5.84 Å². The van der Waals surface area contributed by atoms with Gasteiger partial charge in [-0.15, -0.1) is 0 Å². The van der Waals surface area contributed by atoms with Crippen LogP contribution in [0.1, 0.15) is 36.0 Å². The van der Waals surface area contributed by atoms with Crippen molar-refractivity contribution < 1.29 is 4.79 Å². The molecule has 3 rings (SSSR count). The normalized spacial score (nSPS) is 14.6. The smallest absolute Gasteiger partial charge is 0.182 e. The summed E-state index contributed by atoms with van der Waals surface area (Å²) in [4.78, 5) is 19.6. The number of nitrogens with zero attached hydrogens (tertiary/aromatic N) is 2. The fourth-order valence-corrected chi connectivity index (χ4v) is 3.29. The highest BCUT2D eigenvalue weighted by atomic mass is 79.9. The molecule has 1 heterocycles. The highest BCUT2D eigenvalue weighted by molar-refractivity contribution is 9.10. The monoisotopic (exact) mass is 418 g/mol. The molecule has 0 aliphatic carbocycles. The van der Waals surface area contributed by atoms with Crippen molar-refractivity contribution in [3.8, 4) is 0 Å². The molecule has 0 saturated carbocycles. The van der Waals surface area contributed by atoms with Gasteiger partial charge in [0.05, 0.1) is 6.54 Å². The van der Waals surface area contributed by atoms with Crippen LogP contribution in [0.4, 0.5) is 5.69 Å². The second-order valence-corrected chi connectivity index (χ2v) is 7.45. The summed E-state index contributed by atoms with van der Waals surface area (Å²) >= 11 is 9.43. The topological polar surface area (TPSA) is 32.7 Å². The molecule has 1 aliphatic heterocycles. The van der Waals surface area contributed by atoms with Gasteiger partial charge in [-0.25, -0.2) is 0 Å². The van der Waals surface area contributed by atoms with Gasteiger partial charge < -0.3 is 4.90 Å². The molecule has 130 valence electrons. The first-order valence-corrected chi connectivity index (χ1v) is 9.66. The Bertz CT molecular complexity index is 756. The summed E-state index contributed by atoms with van der Waals surface area (Å²) in [5, 5.41) is 0.686. The molecule has 1 aliphatic rings. The number of amidine groups is 1. The third-order valence-corrected chi connectivity index (χ3v) is 5.05. The minimum atomic E-state index is 0.0781. The maximum Gasteiger partial charge on any atom is 0.182 e. The number of carbonyl (C=O) groups excluding carboxylic acids is 1. The van der Waals surface area contributed by atoms with Crippen molar-refractivity contribution in [3.05, 3.63) is 63.6 Å². The lowest BCUT2D eigenvalue weighted by molar-refractivity contribution is 0.100. The van der Waals surface area contributed by atoms with E-state index in [1.807, 2.05) is 53.4 Å². The number of carbonyl (C=O) groups is 1. The van der Waals surface area contributed by atoms with E-state index in [0.717, 1.165) is 41.8 Å². The van der Waals surface area contributed by atoms with Crippen molar-refractivity contribution in [2.75, 3.05) is 18.0 Å². The highest BCUT2D eigenvalue weighted by Crippen LogP contribution is 2.22. The summed E-state index contributed by atoms with van der Waals surface area (Å²) in [5.74, 6) is 1.07. The van der Waals surface area contributed by atoms with Crippen molar-refractivity contribution in [1.82, 2.24) is 0 Å². The maximum absolute atomic E-state index is 12.8. The fraction of sp³-hybridized carbons (Fsp3) is 0.300. The molecule has 0 N–H and O–H groups in total. The molecule has 25 heavy (non-hydrogen) atoms. The summed E-state index contributed by atoms with van der Waals surface area (Å²) in [5.41, 5.74) is 1.66. The van der Waals surface area contributed by atoms with Crippen molar-refractivity contribution in [2.45, 2.75) is 25.7 Å². The van der Waals surface area contributed by atoms with Crippen molar-refractivity contribution in [3.63, 3.8) is 0 Å². The summed E-state index contributed by atoms with van der Waals surface area (Å²) in [7, 11) is 0. The second kappa shape index (κ2) is 8.63. The van der Waals surface area contributed by atoms with Crippen molar-refractivity contribution in [1.29, 1.82) is 0 Å². The van der Waals surface area contributed by atoms with E-state index in [2.05, 4.69) is 15.9 Å². The molecule has 5 heteroatoms. The van der Waals surface area contributed by atoms with Gasteiger partial charge in [0.25, 0.3) is 0 Å². The van der Waals surface area contributed by atoms with Gasteiger partial charge in [0.2, 0.25) is 0 Å². The van der Waals surface area contributed by atoms with E-state index in [-0.39, 0.29) is 12.3 Å². The Balaban J connectivity index is 1.87. The number of hydrogen-bond donors (Lipinski definition) is 0. The lowest BCUT2D eigenvalue weighted by atomic mass is 10.1. The predicted octanol–water partition coefficient (Wildman–Crippen LogP) is 5.76. The number of aliphatic imine (C=N–C) groups is 1. The zero-order valence-electron chi connectivity index (χ0n) is 13.9. The lowest BCUT2D eigenvalue weighted by Crippen LogP contribution is -2.35. The van der Waals surface area contributed by atoms with Crippen molar-refractivity contribution in [2.24, 2.45) is 4.99 Å². The van der Waals surface area contributed by atoms with E-state index in [0.29, 0.717) is 10.6 Å². The fourth-order valence-electron chi connectivity index (χ4n) is 2.90. The Morgan fingerprint density at radius 1 is 1.04 bits per heavy atom. The molecule has 0 radical (unpaired) electrons. The molecule has 0 fully saturated rings. The van der Waals surface area contributed by atoms with E-state index >= 15 is 0 Å². The summed E-state index contributed by atoms with van der Waals surface area (Å²) in [6.07, 6.45) is 4.30. The first-order chi connectivity index (χ1) is 12.1. The minimum absolute atomic E-state index is 0.0781. The third-order valence-electron chi connectivity index (χ3n) is 4.27. The van der Waals surface area contributed by atoms with Crippen LogP contribution >= 0.6 is 27.5 Å². The van der Waals surface area contributed by atoms with Gasteiger partial charge in [-0.3, -0.25) is 9.79 Å². The maximum atomic E-state index is 12.8. The molecule has 0 atom stereocenters. The first kappa shape index (κ1) is 18.2. The van der Waals surface area contributed by atoms with Crippen LogP contribution in [0.5, 0.6) is 0 Å². The molecule has 3 nitrogen and oxygen atoms in total. The standard InChI is InChI=1S/C20H20BrClN2O/c21-16-7-5-15(6-8-16)19(25)14-24(18-11-9-17(22)10-12-18)20-4-2-1-3-13-23-20/h5-12H,1-4,13-14H2. The second-order valence-electron chi connectivity index (χ2n) is 6.10. The van der Waals surface area contributed by atoms with E-state index in [1.165, 1.54) is 6.42 Å². The summed E-state index contributed by atoms with van der Waals surface area (Å²) in [6, 6.07) is 15.1. The first-order valence-electron chi connectivity index (χ1n) is 8.49. The molecule has 0 unspecified atom stereocenters. The average Bonchev–Trinajstić information content (AvgIpc) is 2.90. The number of hydrogen-bond acceptors (Lipinski definition) is 3.